The molecule has 0 saturated carbocycles. The Morgan fingerprint density at radius 3 is 3.00 bits per heavy atom. The van der Waals surface area contributed by atoms with Crippen LogP contribution in [0.2, 0.25) is 0 Å². The van der Waals surface area contributed by atoms with E-state index in [0.717, 1.165) is 26.4 Å². The van der Waals surface area contributed by atoms with E-state index in [1.165, 1.54) is 23.1 Å². The SMILES string of the molecule is Cc1nnc(SCC(=O)N[C@H](C)c2ccc3c(c2)OCO3)s1. The van der Waals surface area contributed by atoms with Crippen LogP contribution < -0.4 is 14.8 Å². The number of ether oxygens (including phenoxy) is 2. The molecule has 0 unspecified atom stereocenters. The molecule has 1 aromatic carbocycles. The van der Waals surface area contributed by atoms with Crippen molar-refractivity contribution in [3.8, 4) is 11.5 Å². The van der Waals surface area contributed by atoms with Crippen molar-refractivity contribution in [2.24, 2.45) is 0 Å². The zero-order valence-corrected chi connectivity index (χ0v) is 13.8. The summed E-state index contributed by atoms with van der Waals surface area (Å²) in [4.78, 5) is 12.0. The van der Waals surface area contributed by atoms with Crippen molar-refractivity contribution in [2.45, 2.75) is 24.2 Å². The van der Waals surface area contributed by atoms with Crippen LogP contribution in [0.15, 0.2) is 22.5 Å². The maximum Gasteiger partial charge on any atom is 0.231 e. The zero-order chi connectivity index (χ0) is 15.5. The van der Waals surface area contributed by atoms with Crippen LogP contribution in [0.3, 0.4) is 0 Å². The van der Waals surface area contributed by atoms with Crippen LogP contribution in [0.4, 0.5) is 0 Å². The number of carbonyl (C=O) groups excluding carboxylic acids is 1. The summed E-state index contributed by atoms with van der Waals surface area (Å²) in [5.41, 5.74) is 0.981. The molecule has 0 spiro atoms. The van der Waals surface area contributed by atoms with Gasteiger partial charge in [0.1, 0.15) is 5.01 Å². The molecule has 1 aliphatic rings. The van der Waals surface area contributed by atoms with E-state index in [0.29, 0.717) is 5.75 Å². The van der Waals surface area contributed by atoms with Gasteiger partial charge in [-0.15, -0.1) is 10.2 Å². The fraction of sp³-hybridized carbons (Fsp3) is 0.357. The first-order valence-corrected chi connectivity index (χ1v) is 8.54. The molecule has 0 bridgehead atoms. The number of hydrogen-bond acceptors (Lipinski definition) is 7. The van der Waals surface area contributed by atoms with Crippen molar-refractivity contribution in [1.82, 2.24) is 15.5 Å². The highest BCUT2D eigenvalue weighted by Crippen LogP contribution is 2.34. The second kappa shape index (κ2) is 6.53. The fourth-order valence-corrected chi connectivity index (χ4v) is 3.64. The highest BCUT2D eigenvalue weighted by atomic mass is 32.2. The van der Waals surface area contributed by atoms with Gasteiger partial charge in [-0.1, -0.05) is 29.2 Å². The first kappa shape index (κ1) is 15.1. The third kappa shape index (κ3) is 3.50. The Morgan fingerprint density at radius 2 is 2.23 bits per heavy atom. The summed E-state index contributed by atoms with van der Waals surface area (Å²) < 4.78 is 11.4. The summed E-state index contributed by atoms with van der Waals surface area (Å²) in [5, 5.41) is 11.8. The minimum atomic E-state index is -0.0984. The molecule has 2 heterocycles. The first-order valence-electron chi connectivity index (χ1n) is 6.73. The molecule has 0 fully saturated rings. The van der Waals surface area contributed by atoms with Crippen molar-refractivity contribution in [1.29, 1.82) is 0 Å². The van der Waals surface area contributed by atoms with Gasteiger partial charge in [0.2, 0.25) is 12.7 Å². The lowest BCUT2D eigenvalue weighted by Crippen LogP contribution is -2.28. The maximum atomic E-state index is 12.0. The Labute approximate surface area is 136 Å². The molecule has 1 atom stereocenters. The Bertz CT molecular complexity index is 690. The van der Waals surface area contributed by atoms with Gasteiger partial charge >= 0.3 is 0 Å². The van der Waals surface area contributed by atoms with E-state index in [-0.39, 0.29) is 18.7 Å². The van der Waals surface area contributed by atoms with Crippen LogP contribution in [-0.4, -0.2) is 28.7 Å². The topological polar surface area (TPSA) is 73.3 Å². The monoisotopic (exact) mass is 337 g/mol. The van der Waals surface area contributed by atoms with Gasteiger partial charge in [-0.05, 0) is 31.5 Å². The summed E-state index contributed by atoms with van der Waals surface area (Å²) >= 11 is 2.88. The number of benzene rings is 1. The summed E-state index contributed by atoms with van der Waals surface area (Å²) in [7, 11) is 0. The molecule has 1 amide bonds. The van der Waals surface area contributed by atoms with Crippen molar-refractivity contribution in [3.63, 3.8) is 0 Å². The average Bonchev–Trinajstić information content (AvgIpc) is 3.12. The van der Waals surface area contributed by atoms with Gasteiger partial charge in [-0.25, -0.2) is 0 Å². The number of aromatic nitrogens is 2. The molecule has 8 heteroatoms. The molecular formula is C14H15N3O3S2. The number of thioether (sulfide) groups is 1. The van der Waals surface area contributed by atoms with Gasteiger partial charge in [0, 0.05) is 0 Å². The summed E-state index contributed by atoms with van der Waals surface area (Å²) in [6, 6.07) is 5.59. The van der Waals surface area contributed by atoms with E-state index in [1.54, 1.807) is 0 Å². The quantitative estimate of drug-likeness (QED) is 0.845. The Morgan fingerprint density at radius 1 is 1.41 bits per heavy atom. The molecule has 0 saturated heterocycles. The van der Waals surface area contributed by atoms with Crippen molar-refractivity contribution < 1.29 is 14.3 Å². The average molecular weight is 337 g/mol. The molecular weight excluding hydrogens is 322 g/mol. The minimum Gasteiger partial charge on any atom is -0.454 e. The largest absolute Gasteiger partial charge is 0.454 e. The summed E-state index contributed by atoms with van der Waals surface area (Å²) in [6.07, 6.45) is 0. The van der Waals surface area contributed by atoms with Gasteiger partial charge in [-0.2, -0.15) is 0 Å². The van der Waals surface area contributed by atoms with Gasteiger partial charge in [-0.3, -0.25) is 4.79 Å². The molecule has 2 aromatic rings. The van der Waals surface area contributed by atoms with Gasteiger partial charge in [0.25, 0.3) is 0 Å². The molecule has 1 aromatic heterocycles. The summed E-state index contributed by atoms with van der Waals surface area (Å²) in [6.45, 7) is 4.08. The molecule has 116 valence electrons. The number of aryl methyl sites for hydroxylation is 1. The van der Waals surface area contributed by atoms with Gasteiger partial charge in [0.15, 0.2) is 15.8 Å². The van der Waals surface area contributed by atoms with Crippen molar-refractivity contribution in [2.75, 3.05) is 12.5 Å². The third-order valence-corrected chi connectivity index (χ3v) is 5.08. The number of carbonyl (C=O) groups is 1. The second-order valence-corrected chi connectivity index (χ2v) is 7.18. The normalized spacial score (nSPS) is 13.9. The van der Waals surface area contributed by atoms with E-state index in [1.807, 2.05) is 32.0 Å². The number of rotatable bonds is 5. The third-order valence-electron chi connectivity index (χ3n) is 3.11. The van der Waals surface area contributed by atoms with Gasteiger partial charge < -0.3 is 14.8 Å². The van der Waals surface area contributed by atoms with Gasteiger partial charge in [0.05, 0.1) is 11.8 Å². The number of fused-ring (bicyclic) bond motifs is 1. The van der Waals surface area contributed by atoms with Crippen LogP contribution in [0.25, 0.3) is 0 Å². The molecule has 0 radical (unpaired) electrons. The lowest BCUT2D eigenvalue weighted by atomic mass is 10.1. The van der Waals surface area contributed by atoms with E-state index in [9.17, 15) is 4.79 Å². The number of nitrogens with one attached hydrogen (secondary N) is 1. The molecule has 3 rings (SSSR count). The van der Waals surface area contributed by atoms with E-state index in [4.69, 9.17) is 9.47 Å². The fourth-order valence-electron chi connectivity index (χ4n) is 2.01. The number of nitrogens with zero attached hydrogens (tertiary/aromatic N) is 2. The maximum absolute atomic E-state index is 12.0. The Hall–Kier alpha value is -1.80. The van der Waals surface area contributed by atoms with Crippen LogP contribution >= 0.6 is 23.1 Å². The van der Waals surface area contributed by atoms with E-state index in [2.05, 4.69) is 15.5 Å². The Balaban J connectivity index is 1.54. The molecule has 1 N–H and O–H groups in total. The highest BCUT2D eigenvalue weighted by molar-refractivity contribution is 8.01. The van der Waals surface area contributed by atoms with Crippen LogP contribution in [0.1, 0.15) is 23.5 Å². The summed E-state index contributed by atoms with van der Waals surface area (Å²) in [5.74, 6) is 1.74. The predicted octanol–water partition coefficient (Wildman–Crippen LogP) is 2.54. The van der Waals surface area contributed by atoms with Crippen molar-refractivity contribution >= 4 is 29.0 Å². The predicted molar refractivity (Wildman–Crippen MR) is 84.5 cm³/mol. The smallest absolute Gasteiger partial charge is 0.231 e. The number of amides is 1. The van der Waals surface area contributed by atoms with E-state index < -0.39 is 0 Å². The highest BCUT2D eigenvalue weighted by Gasteiger charge is 2.17. The van der Waals surface area contributed by atoms with Crippen LogP contribution in [0, 0.1) is 6.92 Å². The lowest BCUT2D eigenvalue weighted by Gasteiger charge is -2.14. The number of hydrogen-bond donors (Lipinski definition) is 1. The molecule has 1 aliphatic heterocycles. The first-order chi connectivity index (χ1) is 10.6. The molecule has 22 heavy (non-hydrogen) atoms. The zero-order valence-electron chi connectivity index (χ0n) is 12.2. The molecule has 0 aliphatic carbocycles. The standard InChI is InChI=1S/C14H15N3O3S2/c1-8(10-3-4-11-12(5-10)20-7-19-11)15-13(18)6-21-14-17-16-9(2)22-14/h3-5,8H,6-7H2,1-2H3,(H,15,18)/t8-/m1/s1. The minimum absolute atomic E-state index is 0.0389. The van der Waals surface area contributed by atoms with Crippen LogP contribution in [-0.2, 0) is 4.79 Å². The molecule has 6 nitrogen and oxygen atoms in total. The lowest BCUT2D eigenvalue weighted by molar-refractivity contribution is -0.119. The Kier molecular flexibility index (Phi) is 4.49. The van der Waals surface area contributed by atoms with Crippen LogP contribution in [0.5, 0.6) is 11.5 Å². The second-order valence-electron chi connectivity index (χ2n) is 4.78. The van der Waals surface area contributed by atoms with E-state index >= 15 is 0 Å². The van der Waals surface area contributed by atoms with Crippen molar-refractivity contribution in [3.05, 3.63) is 28.8 Å².